The summed E-state index contributed by atoms with van der Waals surface area (Å²) in [6.45, 7) is 8.46. The Morgan fingerprint density at radius 3 is 2.06 bits per heavy atom. The van der Waals surface area contributed by atoms with E-state index in [9.17, 15) is 4.79 Å². The molecule has 0 amide bonds. The van der Waals surface area contributed by atoms with E-state index < -0.39 is 0 Å². The van der Waals surface area contributed by atoms with E-state index in [0.29, 0.717) is 18.1 Å². The van der Waals surface area contributed by atoms with Gasteiger partial charge >= 0.3 is 0 Å². The van der Waals surface area contributed by atoms with Gasteiger partial charge in [-0.1, -0.05) is 58.0 Å². The highest BCUT2D eigenvalue weighted by Gasteiger charge is 2.35. The van der Waals surface area contributed by atoms with E-state index in [1.165, 1.54) is 5.56 Å². The molecule has 0 unspecified atom stereocenters. The first kappa shape index (κ1) is 14.0. The van der Waals surface area contributed by atoms with Crippen LogP contribution in [0.1, 0.15) is 52.5 Å². The monoisotopic (exact) mass is 232 g/mol. The van der Waals surface area contributed by atoms with Crippen molar-refractivity contribution in [2.75, 3.05) is 0 Å². The van der Waals surface area contributed by atoms with Crippen molar-refractivity contribution in [3.63, 3.8) is 0 Å². The maximum Gasteiger partial charge on any atom is 0.143 e. The molecule has 1 nitrogen and oxygen atoms in total. The van der Waals surface area contributed by atoms with Gasteiger partial charge in [0.05, 0.1) is 5.41 Å². The lowest BCUT2D eigenvalue weighted by atomic mass is 9.70. The highest BCUT2D eigenvalue weighted by Crippen LogP contribution is 2.34. The van der Waals surface area contributed by atoms with Crippen molar-refractivity contribution in [3.05, 3.63) is 35.9 Å². The number of rotatable bonds is 6. The third-order valence-corrected chi connectivity index (χ3v) is 3.66. The van der Waals surface area contributed by atoms with Gasteiger partial charge in [0.25, 0.3) is 0 Å². The van der Waals surface area contributed by atoms with Crippen LogP contribution in [0, 0.1) is 5.92 Å². The first-order valence-electron chi connectivity index (χ1n) is 6.65. The van der Waals surface area contributed by atoms with Gasteiger partial charge in [0.15, 0.2) is 0 Å². The summed E-state index contributed by atoms with van der Waals surface area (Å²) in [7, 11) is 0. The molecule has 0 aromatic heterocycles. The summed E-state index contributed by atoms with van der Waals surface area (Å²) in [6.07, 6.45) is 2.45. The van der Waals surface area contributed by atoms with Crippen LogP contribution in [0.3, 0.4) is 0 Å². The van der Waals surface area contributed by atoms with Crippen molar-refractivity contribution in [1.29, 1.82) is 0 Å². The molecule has 0 aliphatic heterocycles. The molecule has 0 N–H and O–H groups in total. The Bertz CT molecular complexity index is 347. The van der Waals surface area contributed by atoms with Crippen LogP contribution >= 0.6 is 0 Å². The first-order chi connectivity index (χ1) is 8.06. The molecule has 0 aliphatic rings. The van der Waals surface area contributed by atoms with Gasteiger partial charge in [0, 0.05) is 6.42 Å². The molecule has 0 saturated heterocycles. The minimum atomic E-state index is -0.272. The quantitative estimate of drug-likeness (QED) is 0.712. The molecule has 0 aliphatic carbocycles. The Kier molecular flexibility index (Phi) is 4.92. The molecule has 1 aromatic rings. The van der Waals surface area contributed by atoms with Crippen molar-refractivity contribution < 1.29 is 4.79 Å². The van der Waals surface area contributed by atoms with E-state index >= 15 is 0 Å². The van der Waals surface area contributed by atoms with Crippen LogP contribution in [0.4, 0.5) is 0 Å². The normalized spacial score (nSPS) is 11.8. The summed E-state index contributed by atoms with van der Waals surface area (Å²) >= 11 is 0. The zero-order chi connectivity index (χ0) is 12.9. The molecule has 0 heterocycles. The largest absolute Gasteiger partial charge is 0.299 e. The number of carbonyl (C=O) groups excluding carboxylic acids is 1. The molecule has 17 heavy (non-hydrogen) atoms. The fourth-order valence-electron chi connectivity index (χ4n) is 2.54. The number of hydrogen-bond acceptors (Lipinski definition) is 1. The van der Waals surface area contributed by atoms with Gasteiger partial charge in [-0.15, -0.1) is 0 Å². The van der Waals surface area contributed by atoms with E-state index in [0.717, 1.165) is 12.8 Å². The molecule has 0 saturated carbocycles. The fourth-order valence-corrected chi connectivity index (χ4v) is 2.54. The standard InChI is InChI=1S/C16H24O/c1-5-16(6-2,15(17)12-13(3)4)14-10-8-7-9-11-14/h7-11,13H,5-6,12H2,1-4H3. The Morgan fingerprint density at radius 2 is 1.65 bits per heavy atom. The van der Waals surface area contributed by atoms with Crippen LogP contribution in [-0.2, 0) is 10.2 Å². The second kappa shape index (κ2) is 6.00. The van der Waals surface area contributed by atoms with Crippen LogP contribution in [-0.4, -0.2) is 5.78 Å². The van der Waals surface area contributed by atoms with E-state index in [1.54, 1.807) is 0 Å². The number of carbonyl (C=O) groups is 1. The van der Waals surface area contributed by atoms with Crippen LogP contribution in [0.15, 0.2) is 30.3 Å². The summed E-state index contributed by atoms with van der Waals surface area (Å²) in [5.41, 5.74) is 0.904. The van der Waals surface area contributed by atoms with Crippen molar-refractivity contribution in [3.8, 4) is 0 Å². The third kappa shape index (κ3) is 2.96. The van der Waals surface area contributed by atoms with Crippen molar-refractivity contribution in [1.82, 2.24) is 0 Å². The highest BCUT2D eigenvalue weighted by atomic mass is 16.1. The van der Waals surface area contributed by atoms with Gasteiger partial charge in [-0.3, -0.25) is 4.79 Å². The number of benzene rings is 1. The van der Waals surface area contributed by atoms with Crippen molar-refractivity contribution >= 4 is 5.78 Å². The molecular weight excluding hydrogens is 208 g/mol. The lowest BCUT2D eigenvalue weighted by Gasteiger charge is -2.31. The lowest BCUT2D eigenvalue weighted by Crippen LogP contribution is -2.35. The zero-order valence-electron chi connectivity index (χ0n) is 11.5. The molecule has 0 radical (unpaired) electrons. The number of hydrogen-bond donors (Lipinski definition) is 0. The topological polar surface area (TPSA) is 17.1 Å². The summed E-state index contributed by atoms with van der Waals surface area (Å²) in [5.74, 6) is 0.826. The summed E-state index contributed by atoms with van der Waals surface area (Å²) in [4.78, 5) is 12.5. The number of ketones is 1. The van der Waals surface area contributed by atoms with E-state index in [4.69, 9.17) is 0 Å². The maximum absolute atomic E-state index is 12.5. The minimum Gasteiger partial charge on any atom is -0.299 e. The predicted molar refractivity (Wildman–Crippen MR) is 73.2 cm³/mol. The Hall–Kier alpha value is -1.11. The highest BCUT2D eigenvalue weighted by molar-refractivity contribution is 5.90. The van der Waals surface area contributed by atoms with Crippen LogP contribution in [0.2, 0.25) is 0 Å². The van der Waals surface area contributed by atoms with Gasteiger partial charge < -0.3 is 0 Å². The molecule has 1 aromatic carbocycles. The predicted octanol–water partition coefficient (Wildman–Crippen LogP) is 4.36. The second-order valence-electron chi connectivity index (χ2n) is 5.18. The maximum atomic E-state index is 12.5. The molecule has 0 atom stereocenters. The number of Topliss-reactive ketones (excluding diaryl/α,β-unsaturated/α-hetero) is 1. The average molecular weight is 232 g/mol. The molecule has 1 rings (SSSR count). The van der Waals surface area contributed by atoms with Crippen LogP contribution in [0.25, 0.3) is 0 Å². The smallest absolute Gasteiger partial charge is 0.143 e. The van der Waals surface area contributed by atoms with Gasteiger partial charge in [0.1, 0.15) is 5.78 Å². The summed E-state index contributed by atoms with van der Waals surface area (Å²) in [5, 5.41) is 0. The van der Waals surface area contributed by atoms with E-state index in [2.05, 4.69) is 39.8 Å². The SMILES string of the molecule is CCC(CC)(C(=O)CC(C)C)c1ccccc1. The molecule has 1 heteroatoms. The molecule has 0 bridgehead atoms. The van der Waals surface area contributed by atoms with Gasteiger partial charge in [-0.25, -0.2) is 0 Å². The third-order valence-electron chi connectivity index (χ3n) is 3.66. The van der Waals surface area contributed by atoms with Gasteiger partial charge in [-0.05, 0) is 24.3 Å². The van der Waals surface area contributed by atoms with E-state index in [-0.39, 0.29) is 5.41 Å². The minimum absolute atomic E-state index is 0.272. The Morgan fingerprint density at radius 1 is 1.12 bits per heavy atom. The lowest BCUT2D eigenvalue weighted by molar-refractivity contribution is -0.125. The molecule has 0 spiro atoms. The summed E-state index contributed by atoms with van der Waals surface area (Å²) < 4.78 is 0. The van der Waals surface area contributed by atoms with Gasteiger partial charge in [0.2, 0.25) is 0 Å². The fraction of sp³-hybridized carbons (Fsp3) is 0.562. The molecular formula is C16H24O. The first-order valence-corrected chi connectivity index (χ1v) is 6.65. The molecule has 0 fully saturated rings. The van der Waals surface area contributed by atoms with Crippen LogP contribution in [0.5, 0.6) is 0 Å². The van der Waals surface area contributed by atoms with Crippen LogP contribution < -0.4 is 0 Å². The summed E-state index contributed by atoms with van der Waals surface area (Å²) in [6, 6.07) is 10.2. The molecule has 94 valence electrons. The Labute approximate surface area is 105 Å². The average Bonchev–Trinajstić information content (AvgIpc) is 2.32. The van der Waals surface area contributed by atoms with Crippen molar-refractivity contribution in [2.24, 2.45) is 5.92 Å². The van der Waals surface area contributed by atoms with Gasteiger partial charge in [-0.2, -0.15) is 0 Å². The van der Waals surface area contributed by atoms with E-state index in [1.807, 2.05) is 18.2 Å². The second-order valence-corrected chi connectivity index (χ2v) is 5.18. The van der Waals surface area contributed by atoms with Crippen molar-refractivity contribution in [2.45, 2.75) is 52.4 Å². The Balaban J connectivity index is 3.09. The zero-order valence-corrected chi connectivity index (χ0v) is 11.5.